The van der Waals surface area contributed by atoms with Crippen molar-refractivity contribution in [1.29, 1.82) is 0 Å². The molecule has 21 heavy (non-hydrogen) atoms. The second-order valence-corrected chi connectivity index (χ2v) is 5.52. The van der Waals surface area contributed by atoms with Gasteiger partial charge < -0.3 is 14.2 Å². The Hall–Kier alpha value is -1.81. The summed E-state index contributed by atoms with van der Waals surface area (Å²) in [7, 11) is 4.23. The van der Waals surface area contributed by atoms with E-state index in [2.05, 4.69) is 46.7 Å². The number of hydrogen-bond acceptors (Lipinski definition) is 3. The molecule has 0 aliphatic carbocycles. The Labute approximate surface area is 127 Å². The summed E-state index contributed by atoms with van der Waals surface area (Å²) < 4.78 is 7.81. The molecule has 0 N–H and O–H groups in total. The van der Waals surface area contributed by atoms with Crippen molar-refractivity contribution in [1.82, 2.24) is 14.5 Å². The predicted octanol–water partition coefficient (Wildman–Crippen LogP) is 2.82. The van der Waals surface area contributed by atoms with E-state index in [0.29, 0.717) is 6.61 Å². The Morgan fingerprint density at radius 2 is 2.14 bits per heavy atom. The molecule has 0 bridgehead atoms. The van der Waals surface area contributed by atoms with Gasteiger partial charge in [-0.2, -0.15) is 0 Å². The minimum absolute atomic E-state index is 0.691. The topological polar surface area (TPSA) is 30.3 Å². The van der Waals surface area contributed by atoms with Crippen LogP contribution in [0.2, 0.25) is 0 Å². The lowest BCUT2D eigenvalue weighted by Gasteiger charge is -2.14. The van der Waals surface area contributed by atoms with Crippen LogP contribution in [0.4, 0.5) is 0 Å². The van der Waals surface area contributed by atoms with Gasteiger partial charge in [-0.1, -0.05) is 12.1 Å². The maximum Gasteiger partial charge on any atom is 0.124 e. The van der Waals surface area contributed by atoms with Crippen LogP contribution in [0.25, 0.3) is 0 Å². The van der Waals surface area contributed by atoms with Gasteiger partial charge in [0.2, 0.25) is 0 Å². The van der Waals surface area contributed by atoms with Gasteiger partial charge in [-0.15, -0.1) is 0 Å². The van der Waals surface area contributed by atoms with Gasteiger partial charge in [0.1, 0.15) is 5.75 Å². The van der Waals surface area contributed by atoms with Gasteiger partial charge >= 0.3 is 0 Å². The van der Waals surface area contributed by atoms with Crippen molar-refractivity contribution < 1.29 is 4.74 Å². The van der Waals surface area contributed by atoms with Crippen LogP contribution in [0.15, 0.2) is 36.9 Å². The average Bonchev–Trinajstić information content (AvgIpc) is 2.94. The van der Waals surface area contributed by atoms with Crippen LogP contribution in [0.1, 0.15) is 24.5 Å². The molecule has 0 saturated heterocycles. The quantitative estimate of drug-likeness (QED) is 0.748. The molecule has 0 aliphatic rings. The number of ether oxygens (including phenoxy) is 1. The highest BCUT2D eigenvalue weighted by molar-refractivity contribution is 5.37. The number of rotatable bonds is 8. The third-order valence-electron chi connectivity index (χ3n) is 3.41. The van der Waals surface area contributed by atoms with E-state index < -0.39 is 0 Å². The van der Waals surface area contributed by atoms with Crippen LogP contribution >= 0.6 is 0 Å². The fourth-order valence-electron chi connectivity index (χ4n) is 2.38. The van der Waals surface area contributed by atoms with E-state index in [1.807, 2.05) is 19.4 Å². The summed E-state index contributed by atoms with van der Waals surface area (Å²) in [5.74, 6) is 0.975. The van der Waals surface area contributed by atoms with Crippen LogP contribution in [-0.2, 0) is 13.0 Å². The second kappa shape index (κ2) is 7.84. The van der Waals surface area contributed by atoms with Gasteiger partial charge in [0, 0.05) is 18.0 Å². The van der Waals surface area contributed by atoms with Gasteiger partial charge in [0.15, 0.2) is 0 Å². The van der Waals surface area contributed by atoms with E-state index in [9.17, 15) is 0 Å². The van der Waals surface area contributed by atoms with E-state index >= 15 is 0 Å². The highest BCUT2D eigenvalue weighted by Gasteiger charge is 2.06. The number of aryl methyl sites for hydroxylation is 1. The molecule has 0 unspecified atom stereocenters. The van der Waals surface area contributed by atoms with Gasteiger partial charge in [0.25, 0.3) is 0 Å². The first-order valence-corrected chi connectivity index (χ1v) is 7.54. The van der Waals surface area contributed by atoms with Crippen molar-refractivity contribution in [3.05, 3.63) is 48.0 Å². The van der Waals surface area contributed by atoms with Crippen LogP contribution in [0.5, 0.6) is 5.75 Å². The molecule has 114 valence electrons. The summed E-state index contributed by atoms with van der Waals surface area (Å²) in [6.07, 6.45) is 7.90. The molecule has 0 amide bonds. The molecule has 4 nitrogen and oxygen atoms in total. The molecule has 0 fully saturated rings. The van der Waals surface area contributed by atoms with E-state index in [4.69, 9.17) is 4.74 Å². The number of imidazole rings is 1. The van der Waals surface area contributed by atoms with E-state index in [0.717, 1.165) is 25.3 Å². The Morgan fingerprint density at radius 1 is 1.29 bits per heavy atom. The molecule has 2 rings (SSSR count). The largest absolute Gasteiger partial charge is 0.494 e. The molecule has 0 radical (unpaired) electrons. The standard InChI is InChI=1S/C17H25N3O/c1-4-21-17-8-7-15(6-5-10-19(2)3)12-16(17)13-20-11-9-18-14-20/h7-9,11-12,14H,4-6,10,13H2,1-3H3. The summed E-state index contributed by atoms with van der Waals surface area (Å²) >= 11 is 0. The van der Waals surface area contributed by atoms with Crippen LogP contribution < -0.4 is 4.74 Å². The first kappa shape index (κ1) is 15.6. The molecule has 0 atom stereocenters. The maximum atomic E-state index is 5.74. The van der Waals surface area contributed by atoms with Crippen molar-refractivity contribution in [3.8, 4) is 5.75 Å². The van der Waals surface area contributed by atoms with Crippen molar-refractivity contribution in [2.45, 2.75) is 26.3 Å². The molecule has 1 aromatic heterocycles. The third kappa shape index (κ3) is 4.90. The van der Waals surface area contributed by atoms with Gasteiger partial charge in [-0.3, -0.25) is 0 Å². The highest BCUT2D eigenvalue weighted by atomic mass is 16.5. The van der Waals surface area contributed by atoms with E-state index in [1.54, 1.807) is 6.20 Å². The van der Waals surface area contributed by atoms with Gasteiger partial charge in [-0.25, -0.2) is 4.98 Å². The molecular weight excluding hydrogens is 262 g/mol. The van der Waals surface area contributed by atoms with Crippen molar-refractivity contribution >= 4 is 0 Å². The zero-order valence-corrected chi connectivity index (χ0v) is 13.2. The Balaban J connectivity index is 2.10. The summed E-state index contributed by atoms with van der Waals surface area (Å²) in [5.41, 5.74) is 2.59. The molecule has 4 heteroatoms. The number of aromatic nitrogens is 2. The molecule has 2 aromatic rings. The van der Waals surface area contributed by atoms with E-state index in [-0.39, 0.29) is 0 Å². The molecule has 0 saturated carbocycles. The van der Waals surface area contributed by atoms with Crippen LogP contribution in [0.3, 0.4) is 0 Å². The van der Waals surface area contributed by atoms with Crippen LogP contribution in [0, 0.1) is 0 Å². The number of benzene rings is 1. The summed E-state index contributed by atoms with van der Waals surface area (Å²) in [4.78, 5) is 6.33. The van der Waals surface area contributed by atoms with Gasteiger partial charge in [-0.05, 0) is 52.0 Å². The summed E-state index contributed by atoms with van der Waals surface area (Å²) in [6, 6.07) is 6.54. The van der Waals surface area contributed by atoms with E-state index in [1.165, 1.54) is 17.5 Å². The minimum atomic E-state index is 0.691. The fraction of sp³-hybridized carbons (Fsp3) is 0.471. The maximum absolute atomic E-state index is 5.74. The smallest absolute Gasteiger partial charge is 0.124 e. The average molecular weight is 287 g/mol. The summed E-state index contributed by atoms with van der Waals surface area (Å²) in [5, 5.41) is 0. The number of hydrogen-bond donors (Lipinski definition) is 0. The van der Waals surface area contributed by atoms with Crippen molar-refractivity contribution in [3.63, 3.8) is 0 Å². The minimum Gasteiger partial charge on any atom is -0.494 e. The fourth-order valence-corrected chi connectivity index (χ4v) is 2.38. The molecular formula is C17H25N3O. The first-order chi connectivity index (χ1) is 10.2. The zero-order chi connectivity index (χ0) is 15.1. The lowest BCUT2D eigenvalue weighted by molar-refractivity contribution is 0.335. The molecule has 0 spiro atoms. The Bertz CT molecular complexity index is 535. The predicted molar refractivity (Wildman–Crippen MR) is 85.8 cm³/mol. The summed E-state index contributed by atoms with van der Waals surface area (Å²) in [6.45, 7) is 4.63. The van der Waals surface area contributed by atoms with Crippen molar-refractivity contribution in [2.24, 2.45) is 0 Å². The normalized spacial score (nSPS) is 11.0. The first-order valence-electron chi connectivity index (χ1n) is 7.54. The molecule has 1 heterocycles. The second-order valence-electron chi connectivity index (χ2n) is 5.52. The third-order valence-corrected chi connectivity index (χ3v) is 3.41. The van der Waals surface area contributed by atoms with Crippen LogP contribution in [-0.4, -0.2) is 41.7 Å². The number of nitrogens with zero attached hydrogens (tertiary/aromatic N) is 3. The monoisotopic (exact) mass is 287 g/mol. The lowest BCUT2D eigenvalue weighted by atomic mass is 10.0. The molecule has 1 aromatic carbocycles. The zero-order valence-electron chi connectivity index (χ0n) is 13.2. The molecule has 0 aliphatic heterocycles. The Kier molecular flexibility index (Phi) is 5.81. The highest BCUT2D eigenvalue weighted by Crippen LogP contribution is 2.22. The van der Waals surface area contributed by atoms with Crippen molar-refractivity contribution in [2.75, 3.05) is 27.2 Å². The van der Waals surface area contributed by atoms with Gasteiger partial charge in [0.05, 0.1) is 19.5 Å². The Morgan fingerprint density at radius 3 is 2.81 bits per heavy atom. The SMILES string of the molecule is CCOc1ccc(CCCN(C)C)cc1Cn1ccnc1. The lowest BCUT2D eigenvalue weighted by Crippen LogP contribution is -2.13.